The lowest BCUT2D eigenvalue weighted by molar-refractivity contribution is -0.0960. The van der Waals surface area contributed by atoms with Crippen molar-refractivity contribution in [3.8, 4) is 0 Å². The topological polar surface area (TPSA) is 96.9 Å². The number of alkyl carbamates (subject to hydrolysis) is 1. The van der Waals surface area contributed by atoms with E-state index in [2.05, 4.69) is 15.2 Å². The molecule has 0 heterocycles. The summed E-state index contributed by atoms with van der Waals surface area (Å²) in [5.41, 5.74) is 0.0971. The number of hydrogen-bond acceptors (Lipinski definition) is 5. The molecule has 7 nitrogen and oxygen atoms in total. The zero-order valence-corrected chi connectivity index (χ0v) is 16.3. The number of rotatable bonds is 5. The zero-order valence-electron chi connectivity index (χ0n) is 15.5. The molecule has 1 aromatic carbocycles. The van der Waals surface area contributed by atoms with E-state index >= 15 is 0 Å². The van der Waals surface area contributed by atoms with E-state index in [1.807, 2.05) is 27.7 Å². The third kappa shape index (κ3) is 3.85. The Morgan fingerprint density at radius 3 is 2.31 bits per heavy atom. The first-order chi connectivity index (χ1) is 11.9. The Labute approximate surface area is 154 Å². The van der Waals surface area contributed by atoms with Crippen LogP contribution in [0.4, 0.5) is 4.79 Å². The van der Waals surface area contributed by atoms with Crippen molar-refractivity contribution in [2.24, 2.45) is 10.5 Å². The number of aryl methyl sites for hydroxylation is 1. The second kappa shape index (κ2) is 5.97. The molecule has 8 heteroatoms. The number of sulfonamides is 1. The molecule has 1 amide bonds. The Bertz CT molecular complexity index is 818. The van der Waals surface area contributed by atoms with Crippen molar-refractivity contribution < 1.29 is 17.9 Å². The second-order valence-electron chi connectivity index (χ2n) is 8.47. The van der Waals surface area contributed by atoms with Crippen LogP contribution in [0.2, 0.25) is 0 Å². The lowest BCUT2D eigenvalue weighted by Gasteiger charge is -2.68. The van der Waals surface area contributed by atoms with E-state index in [4.69, 9.17) is 4.74 Å². The summed E-state index contributed by atoms with van der Waals surface area (Å²) in [4.78, 5) is 14.3. The number of hydrogen-bond donors (Lipinski definition) is 2. The van der Waals surface area contributed by atoms with Gasteiger partial charge in [0.1, 0.15) is 5.60 Å². The Kier molecular flexibility index (Phi) is 4.29. The van der Waals surface area contributed by atoms with Gasteiger partial charge < -0.3 is 10.1 Å². The van der Waals surface area contributed by atoms with Gasteiger partial charge in [-0.05, 0) is 59.1 Å². The summed E-state index contributed by atoms with van der Waals surface area (Å²) in [6.45, 7) is 7.36. The maximum Gasteiger partial charge on any atom is 0.408 e. The summed E-state index contributed by atoms with van der Waals surface area (Å²) < 4.78 is 29.7. The molecule has 0 unspecified atom stereocenters. The van der Waals surface area contributed by atoms with Gasteiger partial charge in [-0.15, -0.1) is 0 Å². The number of nitrogens with zero attached hydrogens (tertiary/aromatic N) is 1. The van der Waals surface area contributed by atoms with Gasteiger partial charge in [-0.3, -0.25) is 0 Å². The third-order valence-electron chi connectivity index (χ3n) is 4.68. The quantitative estimate of drug-likeness (QED) is 0.607. The lowest BCUT2D eigenvalue weighted by Crippen LogP contribution is -2.75. The van der Waals surface area contributed by atoms with Crippen LogP contribution >= 0.6 is 0 Å². The first-order valence-corrected chi connectivity index (χ1v) is 10.1. The summed E-state index contributed by atoms with van der Waals surface area (Å²) >= 11 is 0. The van der Waals surface area contributed by atoms with Gasteiger partial charge in [0.05, 0.1) is 4.90 Å². The highest BCUT2D eigenvalue weighted by molar-refractivity contribution is 7.89. The Morgan fingerprint density at radius 1 is 1.19 bits per heavy atom. The number of carbonyl (C=O) groups is 1. The largest absolute Gasteiger partial charge is 0.444 e. The Hall–Kier alpha value is -2.09. The number of benzene rings is 1. The predicted octanol–water partition coefficient (Wildman–Crippen LogP) is 2.71. The second-order valence-corrected chi connectivity index (χ2v) is 10.1. The standard InChI is InChI=1S/C18H25N3O4S/c1-13-5-7-14(8-6-13)26(23,24)21-19-12-17-9-18(10-17,11-17)20-15(22)25-16(2,3)4/h5-8,12,21H,9-11H2,1-4H3,(H,20,22). The minimum absolute atomic E-state index is 0.134. The van der Waals surface area contributed by atoms with Gasteiger partial charge in [-0.1, -0.05) is 17.7 Å². The lowest BCUT2D eigenvalue weighted by atomic mass is 9.40. The number of carbonyl (C=O) groups excluding carboxylic acids is 1. The highest BCUT2D eigenvalue weighted by atomic mass is 32.2. The molecule has 3 saturated carbocycles. The fourth-order valence-corrected chi connectivity index (χ4v) is 4.45. The van der Waals surface area contributed by atoms with Crippen LogP contribution < -0.4 is 10.1 Å². The van der Waals surface area contributed by atoms with Gasteiger partial charge in [0.15, 0.2) is 0 Å². The van der Waals surface area contributed by atoms with Crippen LogP contribution in [0.15, 0.2) is 34.3 Å². The molecule has 26 heavy (non-hydrogen) atoms. The van der Waals surface area contributed by atoms with Gasteiger partial charge in [-0.25, -0.2) is 9.63 Å². The van der Waals surface area contributed by atoms with Gasteiger partial charge >= 0.3 is 6.09 Å². The normalized spacial score (nSPS) is 27.4. The molecular formula is C18H25N3O4S. The molecule has 0 radical (unpaired) electrons. The van der Waals surface area contributed by atoms with Crippen LogP contribution in [0.5, 0.6) is 0 Å². The van der Waals surface area contributed by atoms with Crippen LogP contribution in [0.1, 0.15) is 45.6 Å². The molecule has 3 aliphatic carbocycles. The fourth-order valence-electron chi connectivity index (χ4n) is 3.66. The average Bonchev–Trinajstić information content (AvgIpc) is 2.41. The van der Waals surface area contributed by atoms with Crippen LogP contribution in [0.3, 0.4) is 0 Å². The van der Waals surface area contributed by atoms with Crippen molar-refractivity contribution in [3.05, 3.63) is 29.8 Å². The molecule has 3 aliphatic rings. The van der Waals surface area contributed by atoms with E-state index in [9.17, 15) is 13.2 Å². The number of hydrazone groups is 1. The maximum atomic E-state index is 12.2. The van der Waals surface area contributed by atoms with Crippen LogP contribution in [-0.2, 0) is 14.8 Å². The molecule has 0 aliphatic heterocycles. The predicted molar refractivity (Wildman–Crippen MR) is 98.4 cm³/mol. The zero-order chi connectivity index (χ0) is 19.2. The molecule has 1 aromatic rings. The molecule has 0 saturated heterocycles. The van der Waals surface area contributed by atoms with Crippen LogP contribution in [-0.4, -0.2) is 31.9 Å². The van der Waals surface area contributed by atoms with Crippen molar-refractivity contribution in [1.82, 2.24) is 10.1 Å². The van der Waals surface area contributed by atoms with E-state index in [1.165, 1.54) is 0 Å². The minimum Gasteiger partial charge on any atom is -0.444 e. The SMILES string of the molecule is Cc1ccc(S(=O)(=O)NN=CC23CC(NC(=O)OC(C)(C)C)(C2)C3)cc1. The summed E-state index contributed by atoms with van der Waals surface area (Å²) in [5, 5.41) is 6.85. The third-order valence-corrected chi connectivity index (χ3v) is 5.92. The van der Waals surface area contributed by atoms with Crippen molar-refractivity contribution in [1.29, 1.82) is 0 Å². The first kappa shape index (κ1) is 18.7. The Balaban J connectivity index is 1.50. The van der Waals surface area contributed by atoms with Gasteiger partial charge in [0.2, 0.25) is 0 Å². The molecule has 3 fully saturated rings. The van der Waals surface area contributed by atoms with E-state index < -0.39 is 21.7 Å². The van der Waals surface area contributed by atoms with Crippen molar-refractivity contribution in [2.75, 3.05) is 0 Å². The van der Waals surface area contributed by atoms with Crippen LogP contribution in [0.25, 0.3) is 0 Å². The molecule has 4 rings (SSSR count). The fraction of sp³-hybridized carbons (Fsp3) is 0.556. The monoisotopic (exact) mass is 379 g/mol. The first-order valence-electron chi connectivity index (χ1n) is 8.57. The summed E-state index contributed by atoms with van der Waals surface area (Å²) in [6, 6.07) is 6.58. The molecule has 0 spiro atoms. The van der Waals surface area contributed by atoms with E-state index in [0.717, 1.165) is 24.8 Å². The molecular weight excluding hydrogens is 354 g/mol. The average molecular weight is 379 g/mol. The molecule has 0 aromatic heterocycles. The van der Waals surface area contributed by atoms with Gasteiger partial charge in [-0.2, -0.15) is 13.5 Å². The van der Waals surface area contributed by atoms with E-state index in [-0.39, 0.29) is 15.8 Å². The van der Waals surface area contributed by atoms with Gasteiger partial charge in [0.25, 0.3) is 10.0 Å². The highest BCUT2D eigenvalue weighted by Gasteiger charge is 2.68. The van der Waals surface area contributed by atoms with Crippen molar-refractivity contribution in [2.45, 2.75) is 63.0 Å². The minimum atomic E-state index is -3.66. The highest BCUT2D eigenvalue weighted by Crippen LogP contribution is 2.66. The number of ether oxygens (including phenoxy) is 1. The molecule has 0 atom stereocenters. The smallest absolute Gasteiger partial charge is 0.408 e. The van der Waals surface area contributed by atoms with Crippen LogP contribution in [0, 0.1) is 12.3 Å². The van der Waals surface area contributed by atoms with E-state index in [1.54, 1.807) is 30.5 Å². The summed E-state index contributed by atoms with van der Waals surface area (Å²) in [6.07, 6.45) is 3.47. The summed E-state index contributed by atoms with van der Waals surface area (Å²) in [5.74, 6) is 0. The number of nitrogens with one attached hydrogen (secondary N) is 2. The maximum absolute atomic E-state index is 12.2. The molecule has 2 bridgehead atoms. The number of amides is 1. The van der Waals surface area contributed by atoms with E-state index in [0.29, 0.717) is 0 Å². The van der Waals surface area contributed by atoms with Crippen molar-refractivity contribution >= 4 is 22.3 Å². The molecule has 2 N–H and O–H groups in total. The Morgan fingerprint density at radius 2 is 1.77 bits per heavy atom. The van der Waals surface area contributed by atoms with Crippen molar-refractivity contribution in [3.63, 3.8) is 0 Å². The summed E-state index contributed by atoms with van der Waals surface area (Å²) in [7, 11) is -3.66. The molecule has 142 valence electrons. The van der Waals surface area contributed by atoms with Gasteiger partial charge in [0, 0.05) is 17.2 Å².